The van der Waals surface area contributed by atoms with E-state index in [9.17, 15) is 14.9 Å². The van der Waals surface area contributed by atoms with Gasteiger partial charge in [0.2, 0.25) is 0 Å². The third-order valence-electron chi connectivity index (χ3n) is 7.39. The Balaban J connectivity index is 1.42. The van der Waals surface area contributed by atoms with Crippen LogP contribution in [0.1, 0.15) is 88.4 Å². The number of carbonyl (C=O) groups excluding carboxylic acids is 1. The van der Waals surface area contributed by atoms with Crippen LogP contribution in [0.4, 0.5) is 11.5 Å². The summed E-state index contributed by atoms with van der Waals surface area (Å²) in [5.41, 5.74) is 1.77. The molecule has 214 valence electrons. The SMILES string of the molecule is CC(C)C(c1ccc(Nc2nn(C3CCCCC3C#N)c3cc[nH]c(=O)c23)cc1)n1cc(C(=O)OC(C)(C)C)nn1. The number of nitrogens with one attached hydrogen (secondary N) is 2. The molecule has 0 bridgehead atoms. The van der Waals surface area contributed by atoms with Crippen LogP contribution in [-0.4, -0.2) is 41.3 Å². The van der Waals surface area contributed by atoms with Crippen molar-refractivity contribution in [3.8, 4) is 6.07 Å². The van der Waals surface area contributed by atoms with Gasteiger partial charge in [-0.25, -0.2) is 9.48 Å². The van der Waals surface area contributed by atoms with Crippen molar-refractivity contribution in [3.05, 3.63) is 64.3 Å². The van der Waals surface area contributed by atoms with E-state index < -0.39 is 11.6 Å². The number of ether oxygens (including phenoxy) is 1. The largest absolute Gasteiger partial charge is 0.455 e. The minimum atomic E-state index is -0.624. The molecule has 1 aliphatic rings. The molecule has 0 radical (unpaired) electrons. The summed E-state index contributed by atoms with van der Waals surface area (Å²) in [6.45, 7) is 9.59. The maximum atomic E-state index is 12.9. The van der Waals surface area contributed by atoms with Crippen LogP contribution in [0.2, 0.25) is 0 Å². The van der Waals surface area contributed by atoms with Crippen molar-refractivity contribution in [3.63, 3.8) is 0 Å². The second kappa shape index (κ2) is 11.2. The van der Waals surface area contributed by atoms with Crippen LogP contribution < -0.4 is 10.9 Å². The molecule has 1 saturated carbocycles. The summed E-state index contributed by atoms with van der Waals surface area (Å²) in [6, 6.07) is 11.9. The maximum Gasteiger partial charge on any atom is 0.361 e. The molecular formula is C30H36N8O3. The number of nitriles is 1. The highest BCUT2D eigenvalue weighted by molar-refractivity contribution is 5.91. The van der Waals surface area contributed by atoms with Crippen LogP contribution in [0.5, 0.6) is 0 Å². The van der Waals surface area contributed by atoms with Crippen molar-refractivity contribution in [1.82, 2.24) is 29.8 Å². The molecule has 1 fully saturated rings. The first-order valence-corrected chi connectivity index (χ1v) is 14.1. The Kier molecular flexibility index (Phi) is 7.67. The van der Waals surface area contributed by atoms with Gasteiger partial charge in [-0.1, -0.05) is 44.0 Å². The topological polar surface area (TPSA) is 144 Å². The van der Waals surface area contributed by atoms with Crippen LogP contribution in [0, 0.1) is 23.2 Å². The summed E-state index contributed by atoms with van der Waals surface area (Å²) in [4.78, 5) is 28.1. The van der Waals surface area contributed by atoms with E-state index in [0.717, 1.165) is 36.9 Å². The number of hydrogen-bond donors (Lipinski definition) is 2. The summed E-state index contributed by atoms with van der Waals surface area (Å²) in [5, 5.41) is 26.6. The van der Waals surface area contributed by atoms with Gasteiger partial charge >= 0.3 is 5.97 Å². The fraction of sp³-hybridized carbons (Fsp3) is 0.467. The molecule has 11 heteroatoms. The molecule has 0 spiro atoms. The van der Waals surface area contributed by atoms with Gasteiger partial charge in [0.25, 0.3) is 5.56 Å². The highest BCUT2D eigenvalue weighted by Crippen LogP contribution is 2.37. The van der Waals surface area contributed by atoms with Crippen molar-refractivity contribution in [2.45, 2.75) is 78.0 Å². The number of benzene rings is 1. The Morgan fingerprint density at radius 3 is 2.59 bits per heavy atom. The lowest BCUT2D eigenvalue weighted by atomic mass is 9.85. The lowest BCUT2D eigenvalue weighted by molar-refractivity contribution is 0.00626. The zero-order valence-electron chi connectivity index (χ0n) is 24.1. The number of pyridine rings is 1. The maximum absolute atomic E-state index is 12.9. The number of H-pyrrole nitrogens is 1. The molecule has 0 saturated heterocycles. The number of aromatic nitrogens is 6. The first-order chi connectivity index (χ1) is 19.6. The molecule has 0 aliphatic heterocycles. The third-order valence-corrected chi connectivity index (χ3v) is 7.39. The molecule has 4 aromatic rings. The van der Waals surface area contributed by atoms with E-state index in [-0.39, 0.29) is 35.2 Å². The second-order valence-electron chi connectivity index (χ2n) is 12.0. The van der Waals surface area contributed by atoms with Gasteiger partial charge in [-0.05, 0) is 63.3 Å². The first-order valence-electron chi connectivity index (χ1n) is 14.1. The minimum Gasteiger partial charge on any atom is -0.455 e. The predicted molar refractivity (Wildman–Crippen MR) is 155 cm³/mol. The van der Waals surface area contributed by atoms with Crippen LogP contribution in [-0.2, 0) is 4.74 Å². The number of carbonyl (C=O) groups is 1. The van der Waals surface area contributed by atoms with E-state index in [4.69, 9.17) is 9.84 Å². The first kappa shape index (κ1) is 28.1. The third kappa shape index (κ3) is 5.87. The normalized spacial score (nSPS) is 18.3. The van der Waals surface area contributed by atoms with Crippen LogP contribution in [0.25, 0.3) is 10.9 Å². The van der Waals surface area contributed by atoms with E-state index in [0.29, 0.717) is 16.7 Å². The van der Waals surface area contributed by atoms with Gasteiger partial charge in [0, 0.05) is 11.9 Å². The lowest BCUT2D eigenvalue weighted by Gasteiger charge is -2.27. The second-order valence-corrected chi connectivity index (χ2v) is 12.0. The van der Waals surface area contributed by atoms with E-state index in [1.54, 1.807) is 17.1 Å². The van der Waals surface area contributed by atoms with Gasteiger partial charge in [0.05, 0.1) is 35.8 Å². The molecule has 3 heterocycles. The smallest absolute Gasteiger partial charge is 0.361 e. The van der Waals surface area contributed by atoms with Gasteiger partial charge in [-0.3, -0.25) is 9.48 Å². The Morgan fingerprint density at radius 2 is 1.90 bits per heavy atom. The van der Waals surface area contributed by atoms with Gasteiger partial charge in [0.1, 0.15) is 11.0 Å². The van der Waals surface area contributed by atoms with Crippen molar-refractivity contribution < 1.29 is 9.53 Å². The Labute approximate surface area is 238 Å². The summed E-state index contributed by atoms with van der Waals surface area (Å²) in [6.07, 6.45) is 6.98. The number of aromatic amines is 1. The van der Waals surface area contributed by atoms with Crippen molar-refractivity contribution in [2.24, 2.45) is 11.8 Å². The van der Waals surface area contributed by atoms with Crippen molar-refractivity contribution in [1.29, 1.82) is 5.26 Å². The highest BCUT2D eigenvalue weighted by Gasteiger charge is 2.30. The van der Waals surface area contributed by atoms with Crippen molar-refractivity contribution in [2.75, 3.05) is 5.32 Å². The number of nitrogens with zero attached hydrogens (tertiary/aromatic N) is 6. The van der Waals surface area contributed by atoms with E-state index in [2.05, 4.69) is 40.5 Å². The fourth-order valence-corrected chi connectivity index (χ4v) is 5.57. The standard InChI is InChI=1S/C30H36N8O3/c1-18(2)26(37-17-22(34-36-37)29(40)41-30(3,4)5)19-10-12-21(13-11-19)33-27-25-24(14-15-32-28(25)39)38(35-27)23-9-7-6-8-20(23)16-31/h10-15,17-18,20,23,26H,6-9H2,1-5H3,(H,32,39)(H,33,35). The molecule has 1 aromatic carbocycles. The van der Waals surface area contributed by atoms with Crippen LogP contribution in [0.15, 0.2) is 47.5 Å². The average Bonchev–Trinajstić information content (AvgIpc) is 3.55. The Hall–Kier alpha value is -4.46. The molecule has 41 heavy (non-hydrogen) atoms. The molecule has 1 aliphatic carbocycles. The van der Waals surface area contributed by atoms with E-state index in [1.165, 1.54) is 0 Å². The van der Waals surface area contributed by atoms with Crippen molar-refractivity contribution >= 4 is 28.4 Å². The lowest BCUT2D eigenvalue weighted by Crippen LogP contribution is -2.24. The Bertz CT molecular complexity index is 1640. The number of fused-ring (bicyclic) bond motifs is 1. The fourth-order valence-electron chi connectivity index (χ4n) is 5.57. The molecule has 5 rings (SSSR count). The quantitative estimate of drug-likeness (QED) is 0.283. The number of anilines is 2. The zero-order valence-corrected chi connectivity index (χ0v) is 24.1. The van der Waals surface area contributed by atoms with Gasteiger partial charge < -0.3 is 15.0 Å². The molecule has 3 unspecified atom stereocenters. The minimum absolute atomic E-state index is 0.0731. The number of rotatable bonds is 7. The summed E-state index contributed by atoms with van der Waals surface area (Å²) < 4.78 is 8.98. The number of hydrogen-bond acceptors (Lipinski definition) is 8. The zero-order chi connectivity index (χ0) is 29.3. The predicted octanol–water partition coefficient (Wildman–Crippen LogP) is 5.52. The Morgan fingerprint density at radius 1 is 1.17 bits per heavy atom. The summed E-state index contributed by atoms with van der Waals surface area (Å²) in [7, 11) is 0. The van der Waals surface area contributed by atoms with Gasteiger partial charge in [-0.2, -0.15) is 10.4 Å². The number of esters is 1. The molecule has 3 atom stereocenters. The highest BCUT2D eigenvalue weighted by atomic mass is 16.6. The van der Waals surface area contributed by atoms with Crippen LogP contribution >= 0.6 is 0 Å². The molecular weight excluding hydrogens is 520 g/mol. The molecule has 2 N–H and O–H groups in total. The summed E-state index contributed by atoms with van der Waals surface area (Å²) in [5.74, 6) is -0.0417. The van der Waals surface area contributed by atoms with E-state index in [1.807, 2.05) is 55.8 Å². The molecule has 3 aromatic heterocycles. The monoisotopic (exact) mass is 556 g/mol. The van der Waals surface area contributed by atoms with Gasteiger partial charge in [-0.15, -0.1) is 5.10 Å². The molecule has 11 nitrogen and oxygen atoms in total. The average molecular weight is 557 g/mol. The van der Waals surface area contributed by atoms with E-state index >= 15 is 0 Å². The van der Waals surface area contributed by atoms with Gasteiger partial charge in [0.15, 0.2) is 11.5 Å². The van der Waals surface area contributed by atoms with Crippen LogP contribution in [0.3, 0.4) is 0 Å². The summed E-state index contributed by atoms with van der Waals surface area (Å²) >= 11 is 0. The molecule has 0 amide bonds.